The summed E-state index contributed by atoms with van der Waals surface area (Å²) in [6, 6.07) is 14.4. The molecular formula is C30H32N2O5S. The molecule has 0 bridgehead atoms. The van der Waals surface area contributed by atoms with Crippen molar-refractivity contribution in [1.82, 2.24) is 4.57 Å². The fourth-order valence-corrected chi connectivity index (χ4v) is 5.47. The highest BCUT2D eigenvalue weighted by molar-refractivity contribution is 7.07. The van der Waals surface area contributed by atoms with Gasteiger partial charge in [-0.2, -0.15) is 0 Å². The van der Waals surface area contributed by atoms with E-state index in [1.54, 1.807) is 41.8 Å². The summed E-state index contributed by atoms with van der Waals surface area (Å²) in [5.74, 6) is -0.0565. The van der Waals surface area contributed by atoms with Gasteiger partial charge in [-0.15, -0.1) is 0 Å². The molecule has 2 heterocycles. The van der Waals surface area contributed by atoms with Gasteiger partial charge in [-0.25, -0.2) is 9.79 Å². The van der Waals surface area contributed by atoms with Crippen LogP contribution in [-0.4, -0.2) is 23.1 Å². The lowest BCUT2D eigenvalue weighted by atomic mass is 9.92. The van der Waals surface area contributed by atoms with E-state index in [0.29, 0.717) is 38.7 Å². The van der Waals surface area contributed by atoms with Crippen molar-refractivity contribution < 1.29 is 19.1 Å². The Morgan fingerprint density at radius 1 is 1.08 bits per heavy atom. The molecule has 0 aliphatic carbocycles. The molecule has 3 aromatic rings. The van der Waals surface area contributed by atoms with Crippen LogP contribution >= 0.6 is 11.3 Å². The lowest BCUT2D eigenvalue weighted by molar-refractivity contribution is -0.139. The summed E-state index contributed by atoms with van der Waals surface area (Å²) in [5, 5.41) is 0. The van der Waals surface area contributed by atoms with E-state index >= 15 is 0 Å². The van der Waals surface area contributed by atoms with Gasteiger partial charge in [-0.05, 0) is 54.2 Å². The standard InChI is InChI=1S/C30H32N2O5S/c1-6-8-24-26(29(35)36-7-2)27(22-13-11-21(12-14-22)18(3)4)32-28(34)25(38-30(32)31-24)17-20-9-15-23(16-10-20)37-19(5)33/h9-18,27H,6-8H2,1-5H3/b25-17-/t27-/m0/s1. The van der Waals surface area contributed by atoms with Crippen LogP contribution in [0.5, 0.6) is 5.75 Å². The Balaban J connectivity index is 1.90. The van der Waals surface area contributed by atoms with Crippen molar-refractivity contribution in [2.24, 2.45) is 4.99 Å². The predicted molar refractivity (Wildman–Crippen MR) is 148 cm³/mol. The topological polar surface area (TPSA) is 87.0 Å². The molecule has 0 fully saturated rings. The zero-order valence-electron chi connectivity index (χ0n) is 22.3. The Labute approximate surface area is 225 Å². The van der Waals surface area contributed by atoms with E-state index in [9.17, 15) is 14.4 Å². The van der Waals surface area contributed by atoms with Gasteiger partial charge in [0.2, 0.25) is 0 Å². The Kier molecular flexibility index (Phi) is 8.42. The number of benzene rings is 2. The number of esters is 2. The van der Waals surface area contributed by atoms with Gasteiger partial charge in [-0.3, -0.25) is 14.2 Å². The van der Waals surface area contributed by atoms with E-state index in [2.05, 4.69) is 13.8 Å². The molecule has 0 radical (unpaired) electrons. The summed E-state index contributed by atoms with van der Waals surface area (Å²) in [6.45, 7) is 9.63. The first-order valence-electron chi connectivity index (χ1n) is 12.8. The van der Waals surface area contributed by atoms with Crippen molar-refractivity contribution in [2.45, 2.75) is 59.4 Å². The van der Waals surface area contributed by atoms with Crippen LogP contribution in [0, 0.1) is 0 Å². The Morgan fingerprint density at radius 2 is 1.76 bits per heavy atom. The van der Waals surface area contributed by atoms with Crippen LogP contribution in [0.4, 0.5) is 0 Å². The zero-order valence-corrected chi connectivity index (χ0v) is 23.1. The molecule has 1 atom stereocenters. The molecule has 38 heavy (non-hydrogen) atoms. The first-order chi connectivity index (χ1) is 18.2. The third kappa shape index (κ3) is 5.70. The number of fused-ring (bicyclic) bond motifs is 1. The van der Waals surface area contributed by atoms with Crippen molar-refractivity contribution in [3.8, 4) is 5.75 Å². The van der Waals surface area contributed by atoms with E-state index in [4.69, 9.17) is 14.5 Å². The summed E-state index contributed by atoms with van der Waals surface area (Å²) in [7, 11) is 0. The molecule has 8 heteroatoms. The zero-order chi connectivity index (χ0) is 27.4. The lowest BCUT2D eigenvalue weighted by Gasteiger charge is -2.26. The number of aromatic nitrogens is 1. The fraction of sp³-hybridized carbons (Fsp3) is 0.333. The Hall–Kier alpha value is -3.78. The third-order valence-electron chi connectivity index (χ3n) is 6.25. The molecule has 0 saturated heterocycles. The van der Waals surface area contributed by atoms with Crippen LogP contribution in [-0.2, 0) is 14.3 Å². The maximum Gasteiger partial charge on any atom is 0.338 e. The van der Waals surface area contributed by atoms with Gasteiger partial charge in [0.1, 0.15) is 5.75 Å². The van der Waals surface area contributed by atoms with Crippen LogP contribution in [0.1, 0.15) is 76.1 Å². The highest BCUT2D eigenvalue weighted by Gasteiger charge is 2.34. The number of rotatable bonds is 8. The number of hydrogen-bond donors (Lipinski definition) is 0. The quantitative estimate of drug-likeness (QED) is 0.312. The normalized spacial score (nSPS) is 15.3. The highest BCUT2D eigenvalue weighted by Crippen LogP contribution is 2.33. The summed E-state index contributed by atoms with van der Waals surface area (Å²) in [5.41, 5.74) is 3.63. The van der Waals surface area contributed by atoms with E-state index in [1.165, 1.54) is 23.8 Å². The Morgan fingerprint density at radius 3 is 2.34 bits per heavy atom. The summed E-state index contributed by atoms with van der Waals surface area (Å²) >= 11 is 1.29. The smallest absolute Gasteiger partial charge is 0.338 e. The van der Waals surface area contributed by atoms with Crippen molar-refractivity contribution in [1.29, 1.82) is 0 Å². The summed E-state index contributed by atoms with van der Waals surface area (Å²) in [4.78, 5) is 43.6. The minimum Gasteiger partial charge on any atom is -0.463 e. The maximum absolute atomic E-state index is 13.8. The molecular weight excluding hydrogens is 500 g/mol. The SMILES string of the molecule is CCCC1=C(C(=O)OCC)[C@H](c2ccc(C(C)C)cc2)n2c(s/c(=C\c3ccc(OC(C)=O)cc3)c2=O)=N1. The molecule has 7 nitrogen and oxygen atoms in total. The van der Waals surface area contributed by atoms with Gasteiger partial charge < -0.3 is 9.47 Å². The molecule has 0 saturated carbocycles. The van der Waals surface area contributed by atoms with E-state index in [1.807, 2.05) is 31.2 Å². The maximum atomic E-state index is 13.8. The number of allylic oxidation sites excluding steroid dienone is 1. The van der Waals surface area contributed by atoms with Crippen molar-refractivity contribution in [3.63, 3.8) is 0 Å². The number of thiazole rings is 1. The molecule has 2 aromatic carbocycles. The van der Waals surface area contributed by atoms with E-state index in [-0.39, 0.29) is 12.2 Å². The predicted octanol–water partition coefficient (Wildman–Crippen LogP) is 4.63. The van der Waals surface area contributed by atoms with Gasteiger partial charge in [0.15, 0.2) is 4.80 Å². The first kappa shape index (κ1) is 27.3. The first-order valence-corrected chi connectivity index (χ1v) is 13.6. The van der Waals surface area contributed by atoms with Crippen LogP contribution in [0.15, 0.2) is 69.6 Å². The number of hydrogen-bond acceptors (Lipinski definition) is 7. The molecule has 1 aliphatic rings. The minimum absolute atomic E-state index is 0.229. The Bertz CT molecular complexity index is 1540. The van der Waals surface area contributed by atoms with E-state index < -0.39 is 18.0 Å². The molecule has 0 spiro atoms. The number of carbonyl (C=O) groups excluding carboxylic acids is 2. The molecule has 1 aromatic heterocycles. The molecule has 1 aliphatic heterocycles. The second-order valence-corrected chi connectivity index (χ2v) is 10.4. The minimum atomic E-state index is -0.637. The lowest BCUT2D eigenvalue weighted by Crippen LogP contribution is -2.40. The van der Waals surface area contributed by atoms with Gasteiger partial charge in [0.05, 0.1) is 28.5 Å². The van der Waals surface area contributed by atoms with Gasteiger partial charge in [-0.1, -0.05) is 74.9 Å². The number of ether oxygens (including phenoxy) is 2. The molecule has 198 valence electrons. The largest absolute Gasteiger partial charge is 0.463 e. The van der Waals surface area contributed by atoms with Crippen LogP contribution in [0.3, 0.4) is 0 Å². The monoisotopic (exact) mass is 532 g/mol. The van der Waals surface area contributed by atoms with Crippen molar-refractivity contribution in [3.05, 3.63) is 96.2 Å². The molecule has 0 unspecified atom stereocenters. The summed E-state index contributed by atoms with van der Waals surface area (Å²) in [6.07, 6.45) is 3.18. The molecule has 0 N–H and O–H groups in total. The van der Waals surface area contributed by atoms with Gasteiger partial charge in [0.25, 0.3) is 5.56 Å². The van der Waals surface area contributed by atoms with Gasteiger partial charge >= 0.3 is 11.9 Å². The van der Waals surface area contributed by atoms with E-state index in [0.717, 1.165) is 17.5 Å². The number of carbonyl (C=O) groups is 2. The van der Waals surface area contributed by atoms with Crippen molar-refractivity contribution in [2.75, 3.05) is 6.61 Å². The summed E-state index contributed by atoms with van der Waals surface area (Å²) < 4.78 is 12.7. The third-order valence-corrected chi connectivity index (χ3v) is 7.23. The average Bonchev–Trinajstić information content (AvgIpc) is 3.19. The van der Waals surface area contributed by atoms with Crippen LogP contribution in [0.25, 0.3) is 6.08 Å². The highest BCUT2D eigenvalue weighted by atomic mass is 32.1. The van der Waals surface area contributed by atoms with Crippen LogP contribution < -0.4 is 19.6 Å². The van der Waals surface area contributed by atoms with Crippen LogP contribution in [0.2, 0.25) is 0 Å². The molecule has 0 amide bonds. The second-order valence-electron chi connectivity index (χ2n) is 9.40. The molecule has 4 rings (SSSR count). The van der Waals surface area contributed by atoms with Gasteiger partial charge in [0, 0.05) is 6.92 Å². The number of nitrogens with zero attached hydrogens (tertiary/aromatic N) is 2. The van der Waals surface area contributed by atoms with Crippen molar-refractivity contribution >= 4 is 29.4 Å². The fourth-order valence-electron chi connectivity index (χ4n) is 4.45. The second kappa shape index (κ2) is 11.7. The average molecular weight is 533 g/mol.